The van der Waals surface area contributed by atoms with Crippen LogP contribution in [0.3, 0.4) is 0 Å². The molecule has 3 rings (SSSR count). The second kappa shape index (κ2) is 5.64. The molecule has 122 valence electrons. The number of benzene rings is 1. The molecule has 0 atom stereocenters. The van der Waals surface area contributed by atoms with Crippen molar-refractivity contribution in [3.63, 3.8) is 0 Å². The summed E-state index contributed by atoms with van der Waals surface area (Å²) in [5.41, 5.74) is -0.128. The third-order valence-corrected chi connectivity index (χ3v) is 6.13. The summed E-state index contributed by atoms with van der Waals surface area (Å²) in [6.07, 6.45) is 1.32. The summed E-state index contributed by atoms with van der Waals surface area (Å²) in [7, 11) is -4.04. The summed E-state index contributed by atoms with van der Waals surface area (Å²) in [4.78, 5) is 23.7. The van der Waals surface area contributed by atoms with Crippen LogP contribution >= 0.6 is 11.7 Å². The van der Waals surface area contributed by atoms with Crippen molar-refractivity contribution in [3.8, 4) is 0 Å². The smallest absolute Gasteiger partial charge is 0.266 e. The van der Waals surface area contributed by atoms with E-state index in [0.717, 1.165) is 11.7 Å². The topological polar surface area (TPSA) is 106 Å². The van der Waals surface area contributed by atoms with Gasteiger partial charge in [0.15, 0.2) is 0 Å². The maximum atomic E-state index is 12.5. The van der Waals surface area contributed by atoms with Gasteiger partial charge in [-0.3, -0.25) is 9.59 Å². The third-order valence-electron chi connectivity index (χ3n) is 4.22. The van der Waals surface area contributed by atoms with E-state index >= 15 is 0 Å². The van der Waals surface area contributed by atoms with Crippen molar-refractivity contribution in [2.75, 3.05) is 0 Å². The standard InChI is InChI=1S/C14H15N3O4S2/c1-14(7-5-9(18)6-8-14)13(19)17-23(20,21)11-4-2-3-10-12(11)16-22-15-10/h2-4H,5-8H2,1H3,(H,17,19). The molecule has 0 bridgehead atoms. The Balaban J connectivity index is 1.88. The molecule has 1 aliphatic carbocycles. The lowest BCUT2D eigenvalue weighted by molar-refractivity contribution is -0.132. The fraction of sp³-hybridized carbons (Fsp3) is 0.429. The van der Waals surface area contributed by atoms with Crippen LogP contribution in [0, 0.1) is 5.41 Å². The lowest BCUT2D eigenvalue weighted by atomic mass is 9.75. The van der Waals surface area contributed by atoms with E-state index in [2.05, 4.69) is 13.5 Å². The molecule has 1 aromatic heterocycles. The van der Waals surface area contributed by atoms with Crippen molar-refractivity contribution < 1.29 is 18.0 Å². The van der Waals surface area contributed by atoms with Crippen LogP contribution < -0.4 is 4.72 Å². The Hall–Kier alpha value is -1.87. The Labute approximate surface area is 137 Å². The molecule has 1 saturated carbocycles. The van der Waals surface area contributed by atoms with Crippen LogP contribution in [-0.4, -0.2) is 28.9 Å². The quantitative estimate of drug-likeness (QED) is 0.899. The summed E-state index contributed by atoms with van der Waals surface area (Å²) in [5, 5.41) is 0. The Kier molecular flexibility index (Phi) is 3.93. The van der Waals surface area contributed by atoms with E-state index in [1.165, 1.54) is 6.07 Å². The van der Waals surface area contributed by atoms with Gasteiger partial charge in [0.25, 0.3) is 10.0 Å². The highest BCUT2D eigenvalue weighted by molar-refractivity contribution is 7.90. The monoisotopic (exact) mass is 353 g/mol. The van der Waals surface area contributed by atoms with Gasteiger partial charge in [-0.15, -0.1) is 0 Å². The van der Waals surface area contributed by atoms with Gasteiger partial charge in [-0.25, -0.2) is 13.1 Å². The molecule has 2 aromatic rings. The van der Waals surface area contributed by atoms with E-state index in [1.807, 2.05) is 0 Å². The molecule has 1 fully saturated rings. The molecule has 0 unspecified atom stereocenters. The number of aromatic nitrogens is 2. The van der Waals surface area contributed by atoms with Crippen LogP contribution in [0.5, 0.6) is 0 Å². The van der Waals surface area contributed by atoms with Gasteiger partial charge in [-0.1, -0.05) is 13.0 Å². The number of nitrogens with one attached hydrogen (secondary N) is 1. The average Bonchev–Trinajstić information content (AvgIpc) is 2.98. The first-order chi connectivity index (χ1) is 10.8. The van der Waals surface area contributed by atoms with Crippen LogP contribution in [0.1, 0.15) is 32.6 Å². The number of rotatable bonds is 3. The predicted octanol–water partition coefficient (Wildman–Crippen LogP) is 1.65. The number of hydrogen-bond donors (Lipinski definition) is 1. The first kappa shape index (κ1) is 16.0. The zero-order valence-corrected chi connectivity index (χ0v) is 14.0. The number of sulfonamides is 1. The number of ketones is 1. The van der Waals surface area contributed by atoms with Crippen LogP contribution in [0.15, 0.2) is 23.1 Å². The highest BCUT2D eigenvalue weighted by Gasteiger charge is 2.39. The Morgan fingerprint density at radius 1 is 1.26 bits per heavy atom. The normalized spacial score (nSPS) is 18.0. The average molecular weight is 353 g/mol. The molecule has 1 N–H and O–H groups in total. The van der Waals surface area contributed by atoms with Gasteiger partial charge in [0.2, 0.25) is 5.91 Å². The highest BCUT2D eigenvalue weighted by Crippen LogP contribution is 2.35. The van der Waals surface area contributed by atoms with E-state index in [-0.39, 0.29) is 16.2 Å². The van der Waals surface area contributed by atoms with Gasteiger partial charge < -0.3 is 0 Å². The molecular formula is C14H15N3O4S2. The number of carbonyl (C=O) groups is 2. The van der Waals surface area contributed by atoms with E-state index in [9.17, 15) is 18.0 Å². The first-order valence-corrected chi connectivity index (χ1v) is 9.33. The lowest BCUT2D eigenvalue weighted by Gasteiger charge is -2.31. The molecule has 7 nitrogen and oxygen atoms in total. The van der Waals surface area contributed by atoms with Crippen LogP contribution in [0.2, 0.25) is 0 Å². The van der Waals surface area contributed by atoms with Crippen molar-refractivity contribution >= 4 is 44.5 Å². The number of hydrogen-bond acceptors (Lipinski definition) is 7. The van der Waals surface area contributed by atoms with Gasteiger partial charge in [-0.05, 0) is 25.0 Å². The molecule has 1 heterocycles. The molecule has 1 aliphatic rings. The lowest BCUT2D eigenvalue weighted by Crippen LogP contribution is -2.44. The number of nitrogens with zero attached hydrogens (tertiary/aromatic N) is 2. The number of carbonyl (C=O) groups excluding carboxylic acids is 2. The van der Waals surface area contributed by atoms with Crippen molar-refractivity contribution in [1.82, 2.24) is 13.5 Å². The fourth-order valence-electron chi connectivity index (χ4n) is 2.61. The highest BCUT2D eigenvalue weighted by atomic mass is 32.2. The summed E-state index contributed by atoms with van der Waals surface area (Å²) in [5.74, 6) is -0.471. The predicted molar refractivity (Wildman–Crippen MR) is 84.3 cm³/mol. The number of Topliss-reactive ketones (excluding diaryl/α,β-unsaturated/α-hetero) is 1. The molecule has 1 amide bonds. The third kappa shape index (κ3) is 2.98. The summed E-state index contributed by atoms with van der Waals surface area (Å²) < 4.78 is 35.2. The van der Waals surface area contributed by atoms with Gasteiger partial charge >= 0.3 is 0 Å². The Morgan fingerprint density at radius 2 is 1.96 bits per heavy atom. The van der Waals surface area contributed by atoms with Crippen LogP contribution in [0.25, 0.3) is 11.0 Å². The van der Waals surface area contributed by atoms with Gasteiger partial charge in [0.05, 0.1) is 11.7 Å². The van der Waals surface area contributed by atoms with E-state index < -0.39 is 21.3 Å². The zero-order valence-electron chi connectivity index (χ0n) is 12.4. The molecule has 23 heavy (non-hydrogen) atoms. The Bertz CT molecular complexity index is 878. The van der Waals surface area contributed by atoms with Gasteiger partial charge in [0.1, 0.15) is 21.7 Å². The van der Waals surface area contributed by atoms with Gasteiger partial charge in [0, 0.05) is 18.3 Å². The zero-order chi connectivity index (χ0) is 16.7. The minimum Gasteiger partial charge on any atom is -0.300 e. The Morgan fingerprint density at radius 3 is 2.65 bits per heavy atom. The van der Waals surface area contributed by atoms with Crippen molar-refractivity contribution in [1.29, 1.82) is 0 Å². The van der Waals surface area contributed by atoms with Crippen LogP contribution in [-0.2, 0) is 19.6 Å². The maximum absolute atomic E-state index is 12.5. The molecule has 0 saturated heterocycles. The molecule has 1 aromatic carbocycles. The molecule has 0 spiro atoms. The first-order valence-electron chi connectivity index (χ1n) is 7.12. The second-order valence-electron chi connectivity index (χ2n) is 5.92. The van der Waals surface area contributed by atoms with E-state index in [4.69, 9.17) is 0 Å². The molecular weight excluding hydrogens is 338 g/mol. The van der Waals surface area contributed by atoms with E-state index in [0.29, 0.717) is 31.2 Å². The number of fused-ring (bicyclic) bond motifs is 1. The van der Waals surface area contributed by atoms with Gasteiger partial charge in [-0.2, -0.15) is 8.75 Å². The largest absolute Gasteiger partial charge is 0.300 e. The number of amides is 1. The molecule has 0 aliphatic heterocycles. The SMILES string of the molecule is CC1(C(=O)NS(=O)(=O)c2cccc3nsnc23)CCC(=O)CC1. The summed E-state index contributed by atoms with van der Waals surface area (Å²) in [6, 6.07) is 4.61. The second-order valence-corrected chi connectivity index (χ2v) is 8.10. The molecule has 9 heteroatoms. The van der Waals surface area contributed by atoms with E-state index in [1.54, 1.807) is 19.1 Å². The van der Waals surface area contributed by atoms with Crippen molar-refractivity contribution in [2.24, 2.45) is 5.41 Å². The minimum absolute atomic E-state index is 0.0624. The van der Waals surface area contributed by atoms with Crippen LogP contribution in [0.4, 0.5) is 0 Å². The minimum atomic E-state index is -4.04. The molecule has 0 radical (unpaired) electrons. The van der Waals surface area contributed by atoms with Crippen molar-refractivity contribution in [3.05, 3.63) is 18.2 Å². The maximum Gasteiger partial charge on any atom is 0.266 e. The summed E-state index contributed by atoms with van der Waals surface area (Å²) in [6.45, 7) is 1.69. The fourth-order valence-corrected chi connectivity index (χ4v) is 4.48. The summed E-state index contributed by atoms with van der Waals surface area (Å²) >= 11 is 0.915. The van der Waals surface area contributed by atoms with Crippen molar-refractivity contribution in [2.45, 2.75) is 37.5 Å².